The molecule has 3 unspecified atom stereocenters. The number of aromatic hydroxyl groups is 1. The standard InChI is InChI=1S/C38H50ClN3O5/c1-23(2)13-16-27(6)42(36(45)32(40-37(46)47-38(7,8)9)22-28-17-19-29(43)20-18-28)34(30-21-24(3)14-15-25(30)4)35(44)41-33-26(5)11-10-12-31(33)39/h10-12,14-15,17-21,23,27,32,34,43H,13,16,22H2,1-9H3,(H,40,46)(H,41,44). The first kappa shape index (κ1) is 37.4. The molecule has 0 fully saturated rings. The Morgan fingerprint density at radius 3 is 2.17 bits per heavy atom. The van der Waals surface area contributed by atoms with Crippen molar-refractivity contribution >= 4 is 35.2 Å². The Morgan fingerprint density at radius 1 is 0.915 bits per heavy atom. The highest BCUT2D eigenvalue weighted by atomic mass is 35.5. The minimum atomic E-state index is -1.08. The number of halogens is 1. The topological polar surface area (TPSA) is 108 Å². The van der Waals surface area contributed by atoms with Crippen molar-refractivity contribution in [2.24, 2.45) is 5.92 Å². The molecule has 9 heteroatoms. The number of hydrogen-bond acceptors (Lipinski definition) is 5. The minimum Gasteiger partial charge on any atom is -0.508 e. The maximum absolute atomic E-state index is 15.0. The second-order valence-electron chi connectivity index (χ2n) is 13.8. The van der Waals surface area contributed by atoms with Gasteiger partial charge in [-0.2, -0.15) is 0 Å². The lowest BCUT2D eigenvalue weighted by Gasteiger charge is -2.39. The van der Waals surface area contributed by atoms with Crippen LogP contribution in [0.15, 0.2) is 60.7 Å². The Balaban J connectivity index is 2.21. The highest BCUT2D eigenvalue weighted by Gasteiger charge is 2.40. The summed E-state index contributed by atoms with van der Waals surface area (Å²) in [6.45, 7) is 17.2. The number of aryl methyl sites for hydroxylation is 3. The van der Waals surface area contributed by atoms with Crippen LogP contribution in [0.3, 0.4) is 0 Å². The molecule has 3 atom stereocenters. The fraction of sp³-hybridized carbons (Fsp3) is 0.447. The van der Waals surface area contributed by atoms with Gasteiger partial charge in [0.2, 0.25) is 5.91 Å². The molecule has 0 saturated carbocycles. The van der Waals surface area contributed by atoms with Crippen LogP contribution in [0.25, 0.3) is 0 Å². The Labute approximate surface area is 284 Å². The van der Waals surface area contributed by atoms with Crippen LogP contribution in [0.1, 0.15) is 88.2 Å². The predicted molar refractivity (Wildman–Crippen MR) is 189 cm³/mol. The van der Waals surface area contributed by atoms with Crippen LogP contribution in [0, 0.1) is 26.7 Å². The third kappa shape index (κ3) is 10.7. The molecule has 0 heterocycles. The molecule has 3 aromatic carbocycles. The summed E-state index contributed by atoms with van der Waals surface area (Å²) in [5.41, 5.74) is 3.64. The van der Waals surface area contributed by atoms with Gasteiger partial charge >= 0.3 is 6.09 Å². The molecule has 3 rings (SSSR count). The van der Waals surface area contributed by atoms with E-state index in [2.05, 4.69) is 24.5 Å². The van der Waals surface area contributed by atoms with E-state index in [-0.39, 0.29) is 12.2 Å². The molecule has 0 spiro atoms. The number of phenolic OH excluding ortho intramolecular Hbond substituents is 1. The van der Waals surface area contributed by atoms with Crippen molar-refractivity contribution in [3.8, 4) is 5.75 Å². The molecule has 0 aliphatic rings. The summed E-state index contributed by atoms with van der Waals surface area (Å²) in [5.74, 6) is -0.402. The second kappa shape index (κ2) is 16.2. The van der Waals surface area contributed by atoms with Crippen molar-refractivity contribution in [3.05, 3.63) is 93.5 Å². The molecule has 0 aliphatic carbocycles. The third-order valence-electron chi connectivity index (χ3n) is 7.98. The number of alkyl carbamates (subject to hydrolysis) is 1. The van der Waals surface area contributed by atoms with E-state index in [1.165, 1.54) is 12.1 Å². The lowest BCUT2D eigenvalue weighted by atomic mass is 9.92. The molecule has 254 valence electrons. The first-order valence-electron chi connectivity index (χ1n) is 16.2. The zero-order chi connectivity index (χ0) is 35.1. The highest BCUT2D eigenvalue weighted by Crippen LogP contribution is 2.33. The third-order valence-corrected chi connectivity index (χ3v) is 8.30. The molecular weight excluding hydrogens is 614 g/mol. The van der Waals surface area contributed by atoms with Crippen LogP contribution in [-0.4, -0.2) is 45.6 Å². The number of phenols is 1. The molecule has 0 bridgehead atoms. The average molecular weight is 664 g/mol. The average Bonchev–Trinajstić information content (AvgIpc) is 2.97. The van der Waals surface area contributed by atoms with E-state index in [1.54, 1.807) is 43.9 Å². The Kier molecular flexibility index (Phi) is 12.9. The molecule has 8 nitrogen and oxygen atoms in total. The quantitative estimate of drug-likeness (QED) is 0.180. The van der Waals surface area contributed by atoms with Crippen molar-refractivity contribution in [2.75, 3.05) is 5.32 Å². The normalized spacial score (nSPS) is 13.4. The van der Waals surface area contributed by atoms with Crippen molar-refractivity contribution in [3.63, 3.8) is 0 Å². The summed E-state index contributed by atoms with van der Waals surface area (Å²) in [5, 5.41) is 16.1. The molecular formula is C38H50ClN3O5. The van der Waals surface area contributed by atoms with Gasteiger partial charge in [-0.1, -0.05) is 73.5 Å². The van der Waals surface area contributed by atoms with Gasteiger partial charge < -0.3 is 25.4 Å². The molecule has 3 amide bonds. The second-order valence-corrected chi connectivity index (χ2v) is 14.2. The van der Waals surface area contributed by atoms with Crippen LogP contribution in [0.5, 0.6) is 5.75 Å². The minimum absolute atomic E-state index is 0.0854. The lowest BCUT2D eigenvalue weighted by Crippen LogP contribution is -2.55. The maximum Gasteiger partial charge on any atom is 0.408 e. The summed E-state index contributed by atoms with van der Waals surface area (Å²) in [4.78, 5) is 44.4. The maximum atomic E-state index is 15.0. The highest BCUT2D eigenvalue weighted by molar-refractivity contribution is 6.34. The van der Waals surface area contributed by atoms with Crippen LogP contribution in [-0.2, 0) is 20.7 Å². The first-order chi connectivity index (χ1) is 22.0. The number of hydrogen-bond donors (Lipinski definition) is 3. The Bertz CT molecular complexity index is 1530. The number of nitrogens with zero attached hydrogens (tertiary/aromatic N) is 1. The van der Waals surface area contributed by atoms with Gasteiger partial charge in [-0.05, 0) is 108 Å². The number of ether oxygens (including phenoxy) is 1. The first-order valence-corrected chi connectivity index (χ1v) is 16.6. The lowest BCUT2D eigenvalue weighted by molar-refractivity contribution is -0.143. The number of amides is 3. The number of benzene rings is 3. The molecule has 47 heavy (non-hydrogen) atoms. The van der Waals surface area contributed by atoms with E-state index in [0.717, 1.165) is 23.1 Å². The fourth-order valence-corrected chi connectivity index (χ4v) is 5.73. The van der Waals surface area contributed by atoms with E-state index < -0.39 is 41.6 Å². The van der Waals surface area contributed by atoms with E-state index in [9.17, 15) is 14.7 Å². The Morgan fingerprint density at radius 2 is 1.57 bits per heavy atom. The molecule has 0 aliphatic heterocycles. The van der Waals surface area contributed by atoms with Crippen molar-refractivity contribution in [1.82, 2.24) is 10.2 Å². The molecule has 3 N–H and O–H groups in total. The van der Waals surface area contributed by atoms with Gasteiger partial charge in [0.25, 0.3) is 5.91 Å². The Hall–Kier alpha value is -4.04. The predicted octanol–water partition coefficient (Wildman–Crippen LogP) is 8.44. The zero-order valence-electron chi connectivity index (χ0n) is 29.1. The fourth-order valence-electron chi connectivity index (χ4n) is 5.46. The van der Waals surface area contributed by atoms with Gasteiger partial charge in [-0.3, -0.25) is 9.59 Å². The summed E-state index contributed by atoms with van der Waals surface area (Å²) in [6.07, 6.45) is 0.805. The van der Waals surface area contributed by atoms with Gasteiger partial charge in [0.1, 0.15) is 23.4 Å². The van der Waals surface area contributed by atoms with Crippen molar-refractivity contribution in [2.45, 2.75) is 105 Å². The number of carbonyl (C=O) groups excluding carboxylic acids is 3. The summed E-state index contributed by atoms with van der Waals surface area (Å²) in [6, 6.07) is 15.2. The van der Waals surface area contributed by atoms with Gasteiger partial charge in [0, 0.05) is 12.5 Å². The van der Waals surface area contributed by atoms with E-state index in [0.29, 0.717) is 34.2 Å². The molecule has 0 saturated heterocycles. The van der Waals surface area contributed by atoms with Gasteiger partial charge in [-0.25, -0.2) is 4.79 Å². The number of nitrogens with one attached hydrogen (secondary N) is 2. The zero-order valence-corrected chi connectivity index (χ0v) is 29.9. The van der Waals surface area contributed by atoms with Crippen LogP contribution in [0.4, 0.5) is 10.5 Å². The van der Waals surface area contributed by atoms with E-state index in [1.807, 2.05) is 58.0 Å². The van der Waals surface area contributed by atoms with Crippen molar-refractivity contribution in [1.29, 1.82) is 0 Å². The smallest absolute Gasteiger partial charge is 0.408 e. The summed E-state index contributed by atoms with van der Waals surface area (Å²) < 4.78 is 5.57. The molecule has 0 aromatic heterocycles. The van der Waals surface area contributed by atoms with E-state index in [4.69, 9.17) is 16.3 Å². The number of para-hydroxylation sites is 1. The van der Waals surface area contributed by atoms with Crippen molar-refractivity contribution < 1.29 is 24.2 Å². The molecule has 0 radical (unpaired) electrons. The van der Waals surface area contributed by atoms with Gasteiger partial charge in [-0.15, -0.1) is 0 Å². The summed E-state index contributed by atoms with van der Waals surface area (Å²) >= 11 is 6.56. The number of carbonyl (C=O) groups is 3. The van der Waals surface area contributed by atoms with Crippen LogP contribution in [0.2, 0.25) is 5.02 Å². The van der Waals surface area contributed by atoms with Gasteiger partial charge in [0.15, 0.2) is 0 Å². The van der Waals surface area contributed by atoms with Crippen LogP contribution >= 0.6 is 11.6 Å². The van der Waals surface area contributed by atoms with E-state index >= 15 is 4.79 Å². The largest absolute Gasteiger partial charge is 0.508 e. The number of anilines is 1. The SMILES string of the molecule is Cc1ccc(C)c(C(C(=O)Nc2c(C)cccc2Cl)N(C(=O)C(Cc2ccc(O)cc2)NC(=O)OC(C)(C)C)C(C)CCC(C)C)c1. The monoisotopic (exact) mass is 663 g/mol. The molecule has 3 aromatic rings. The summed E-state index contributed by atoms with van der Waals surface area (Å²) in [7, 11) is 0. The van der Waals surface area contributed by atoms with Crippen LogP contribution < -0.4 is 10.6 Å². The van der Waals surface area contributed by atoms with Gasteiger partial charge in [0.05, 0.1) is 10.7 Å². The number of rotatable bonds is 12.